The lowest BCUT2D eigenvalue weighted by Crippen LogP contribution is -2.43. The molecule has 126 valence electrons. The van der Waals surface area contributed by atoms with Crippen molar-refractivity contribution in [3.05, 3.63) is 22.6 Å². The molecule has 1 saturated carbocycles. The Kier molecular flexibility index (Phi) is 4.54. The van der Waals surface area contributed by atoms with Crippen LogP contribution in [0.3, 0.4) is 0 Å². The zero-order valence-corrected chi connectivity index (χ0v) is 14.9. The maximum absolute atomic E-state index is 12.4. The van der Waals surface area contributed by atoms with Crippen LogP contribution in [0.15, 0.2) is 22.2 Å². The summed E-state index contributed by atoms with van der Waals surface area (Å²) < 4.78 is 1.66. The Hall–Kier alpha value is -1.30. The van der Waals surface area contributed by atoms with Crippen LogP contribution in [0.1, 0.15) is 52.5 Å². The summed E-state index contributed by atoms with van der Waals surface area (Å²) in [6, 6.07) is 1.64. The molecule has 3 unspecified atom stereocenters. The SMILES string of the molecule is CC1CC(NC(=O)CC2CSc3nccc(=O)n32)CC(C)(C)C1. The molecule has 0 radical (unpaired) electrons. The van der Waals surface area contributed by atoms with Gasteiger partial charge in [-0.1, -0.05) is 32.5 Å². The number of fused-ring (bicyclic) bond motifs is 1. The molecular weight excluding hydrogens is 310 g/mol. The number of thioether (sulfide) groups is 1. The van der Waals surface area contributed by atoms with E-state index in [4.69, 9.17) is 0 Å². The fraction of sp³-hybridized carbons (Fsp3) is 0.706. The molecule has 1 aromatic rings. The number of nitrogens with one attached hydrogen (secondary N) is 1. The molecule has 6 heteroatoms. The number of hydrogen-bond donors (Lipinski definition) is 1. The Labute approximate surface area is 141 Å². The van der Waals surface area contributed by atoms with Crippen LogP contribution in [0, 0.1) is 11.3 Å². The maximum atomic E-state index is 12.4. The van der Waals surface area contributed by atoms with Crippen LogP contribution in [0.25, 0.3) is 0 Å². The predicted octanol–water partition coefficient (Wildman–Crippen LogP) is 2.61. The average Bonchev–Trinajstić information content (AvgIpc) is 2.80. The van der Waals surface area contributed by atoms with Gasteiger partial charge in [0.2, 0.25) is 5.91 Å². The molecule has 3 rings (SSSR count). The molecule has 5 nitrogen and oxygen atoms in total. The largest absolute Gasteiger partial charge is 0.353 e. The third-order valence-corrected chi connectivity index (χ3v) is 5.90. The van der Waals surface area contributed by atoms with Crippen LogP contribution in [0.5, 0.6) is 0 Å². The normalized spacial score (nSPS) is 29.1. The number of aromatic nitrogens is 2. The predicted molar refractivity (Wildman–Crippen MR) is 91.6 cm³/mol. The Morgan fingerprint density at radius 2 is 2.26 bits per heavy atom. The van der Waals surface area contributed by atoms with Gasteiger partial charge in [0.15, 0.2) is 5.16 Å². The van der Waals surface area contributed by atoms with E-state index in [1.807, 2.05) is 0 Å². The standard InChI is InChI=1S/C17H25N3O2S/c1-11-6-12(9-17(2,3)8-11)19-14(21)7-13-10-23-16-18-5-4-15(22)20(13)16/h4-5,11-13H,6-10H2,1-3H3,(H,19,21). The van der Waals surface area contributed by atoms with Crippen molar-refractivity contribution in [1.29, 1.82) is 0 Å². The molecule has 0 aromatic carbocycles. The lowest BCUT2D eigenvalue weighted by molar-refractivity contribution is -0.123. The van der Waals surface area contributed by atoms with Crippen LogP contribution in [0.2, 0.25) is 0 Å². The van der Waals surface area contributed by atoms with Crippen molar-refractivity contribution in [2.24, 2.45) is 11.3 Å². The second-order valence-electron chi connectivity index (χ2n) is 7.78. The third kappa shape index (κ3) is 3.79. The van der Waals surface area contributed by atoms with Crippen LogP contribution in [-0.2, 0) is 4.79 Å². The summed E-state index contributed by atoms with van der Waals surface area (Å²) in [5.74, 6) is 1.43. The quantitative estimate of drug-likeness (QED) is 0.863. The van der Waals surface area contributed by atoms with Crippen molar-refractivity contribution in [3.8, 4) is 0 Å². The smallest absolute Gasteiger partial charge is 0.254 e. The van der Waals surface area contributed by atoms with E-state index in [1.165, 1.54) is 18.7 Å². The highest BCUT2D eigenvalue weighted by Gasteiger charge is 2.33. The molecule has 1 aliphatic heterocycles. The number of rotatable bonds is 3. The van der Waals surface area contributed by atoms with Gasteiger partial charge in [-0.15, -0.1) is 0 Å². The summed E-state index contributed by atoms with van der Waals surface area (Å²) in [4.78, 5) is 28.7. The van der Waals surface area contributed by atoms with Crippen molar-refractivity contribution in [3.63, 3.8) is 0 Å². The molecule has 0 spiro atoms. The van der Waals surface area contributed by atoms with Crippen molar-refractivity contribution >= 4 is 17.7 Å². The molecule has 2 aliphatic rings. The number of amides is 1. The van der Waals surface area contributed by atoms with E-state index in [0.717, 1.165) is 23.8 Å². The van der Waals surface area contributed by atoms with Crippen LogP contribution in [-0.4, -0.2) is 27.3 Å². The van der Waals surface area contributed by atoms with Gasteiger partial charge in [0.25, 0.3) is 5.56 Å². The fourth-order valence-corrected chi connectivity index (χ4v) is 5.32. The Bertz CT molecular complexity index is 655. The van der Waals surface area contributed by atoms with Crippen LogP contribution >= 0.6 is 11.8 Å². The van der Waals surface area contributed by atoms with E-state index in [-0.39, 0.29) is 29.0 Å². The number of nitrogens with zero attached hydrogens (tertiary/aromatic N) is 2. The van der Waals surface area contributed by atoms with Crippen molar-refractivity contribution < 1.29 is 4.79 Å². The Morgan fingerprint density at radius 3 is 3.00 bits per heavy atom. The van der Waals surface area contributed by atoms with Gasteiger partial charge in [-0.25, -0.2) is 4.98 Å². The first-order valence-electron chi connectivity index (χ1n) is 8.34. The third-order valence-electron chi connectivity index (χ3n) is 4.79. The highest BCUT2D eigenvalue weighted by Crippen LogP contribution is 2.38. The van der Waals surface area contributed by atoms with Gasteiger partial charge in [0.1, 0.15) is 0 Å². The number of carbonyl (C=O) groups is 1. The summed E-state index contributed by atoms with van der Waals surface area (Å²) in [5.41, 5.74) is 0.219. The van der Waals surface area contributed by atoms with Gasteiger partial charge in [-0.3, -0.25) is 14.2 Å². The monoisotopic (exact) mass is 335 g/mol. The van der Waals surface area contributed by atoms with Crippen LogP contribution in [0.4, 0.5) is 0 Å². The molecule has 23 heavy (non-hydrogen) atoms. The average molecular weight is 335 g/mol. The number of carbonyl (C=O) groups excluding carboxylic acids is 1. The minimum atomic E-state index is -0.0785. The van der Waals surface area contributed by atoms with Gasteiger partial charge >= 0.3 is 0 Å². The summed E-state index contributed by atoms with van der Waals surface area (Å²) in [6.45, 7) is 6.81. The summed E-state index contributed by atoms with van der Waals surface area (Å²) in [5, 5.41) is 3.92. The Morgan fingerprint density at radius 1 is 1.48 bits per heavy atom. The second-order valence-corrected chi connectivity index (χ2v) is 8.77. The van der Waals surface area contributed by atoms with E-state index >= 15 is 0 Å². The minimum absolute atomic E-state index is 0.0501. The van der Waals surface area contributed by atoms with E-state index in [9.17, 15) is 9.59 Å². The summed E-state index contributed by atoms with van der Waals surface area (Å²) in [7, 11) is 0. The molecule has 1 N–H and O–H groups in total. The first kappa shape index (κ1) is 16.6. The lowest BCUT2D eigenvalue weighted by Gasteiger charge is -2.39. The number of hydrogen-bond acceptors (Lipinski definition) is 4. The second kappa shape index (κ2) is 6.30. The van der Waals surface area contributed by atoms with Crippen molar-refractivity contribution in [1.82, 2.24) is 14.9 Å². The van der Waals surface area contributed by atoms with E-state index in [2.05, 4.69) is 31.1 Å². The zero-order valence-electron chi connectivity index (χ0n) is 14.0. The lowest BCUT2D eigenvalue weighted by atomic mass is 9.70. The van der Waals surface area contributed by atoms with Gasteiger partial charge in [0, 0.05) is 30.5 Å². The van der Waals surface area contributed by atoms with Crippen molar-refractivity contribution in [2.45, 2.75) is 63.7 Å². The molecule has 1 aromatic heterocycles. The molecule has 3 atom stereocenters. The molecule has 1 aliphatic carbocycles. The molecular formula is C17H25N3O2S. The molecule has 1 fully saturated rings. The molecule has 2 heterocycles. The topological polar surface area (TPSA) is 64.0 Å². The van der Waals surface area contributed by atoms with E-state index in [1.54, 1.807) is 16.3 Å². The van der Waals surface area contributed by atoms with E-state index in [0.29, 0.717) is 12.3 Å². The zero-order chi connectivity index (χ0) is 16.6. The van der Waals surface area contributed by atoms with E-state index < -0.39 is 0 Å². The van der Waals surface area contributed by atoms with Gasteiger partial charge in [-0.05, 0) is 30.6 Å². The van der Waals surface area contributed by atoms with Crippen molar-refractivity contribution in [2.75, 3.05) is 5.75 Å². The minimum Gasteiger partial charge on any atom is -0.353 e. The summed E-state index contributed by atoms with van der Waals surface area (Å²) in [6.07, 6.45) is 5.19. The fourth-order valence-electron chi connectivity index (χ4n) is 4.20. The molecule has 0 saturated heterocycles. The molecule has 0 bridgehead atoms. The van der Waals surface area contributed by atoms with Crippen LogP contribution < -0.4 is 10.9 Å². The first-order chi connectivity index (χ1) is 10.8. The molecule has 1 amide bonds. The highest BCUT2D eigenvalue weighted by atomic mass is 32.2. The highest BCUT2D eigenvalue weighted by molar-refractivity contribution is 7.99. The summed E-state index contributed by atoms with van der Waals surface area (Å²) >= 11 is 1.55. The van der Waals surface area contributed by atoms with Gasteiger partial charge in [0.05, 0.1) is 6.04 Å². The maximum Gasteiger partial charge on any atom is 0.254 e. The Balaban J connectivity index is 1.62. The first-order valence-corrected chi connectivity index (χ1v) is 9.32. The van der Waals surface area contributed by atoms with Gasteiger partial charge < -0.3 is 5.32 Å². The van der Waals surface area contributed by atoms with Gasteiger partial charge in [-0.2, -0.15) is 0 Å².